The van der Waals surface area contributed by atoms with E-state index in [2.05, 4.69) is 36.2 Å². The topological polar surface area (TPSA) is 99.9 Å². The SMILES string of the molecule is CCC(=O)CCCCC[C@H](NC(=O)Cc1c(C)[nH]c2ccc(OC)cc12)c1ncc(Br)[nH]1. The molecule has 3 aromatic rings. The number of Topliss-reactive ketones (excluding diaryl/α,β-unsaturated/α-hetero) is 1. The number of aryl methyl sites for hydroxylation is 1. The predicted octanol–water partition coefficient (Wildman–Crippen LogP) is 5.30. The van der Waals surface area contributed by atoms with Crippen molar-refractivity contribution < 1.29 is 14.3 Å². The van der Waals surface area contributed by atoms with E-state index < -0.39 is 0 Å². The summed E-state index contributed by atoms with van der Waals surface area (Å²) in [7, 11) is 1.64. The number of aromatic nitrogens is 3. The summed E-state index contributed by atoms with van der Waals surface area (Å²) in [6.07, 6.45) is 6.68. The van der Waals surface area contributed by atoms with E-state index in [0.29, 0.717) is 18.6 Å². The molecule has 0 radical (unpaired) electrons. The number of rotatable bonds is 12. The average molecular weight is 503 g/mol. The van der Waals surface area contributed by atoms with Crippen molar-refractivity contribution >= 4 is 38.5 Å². The highest BCUT2D eigenvalue weighted by molar-refractivity contribution is 9.10. The van der Waals surface area contributed by atoms with Gasteiger partial charge in [-0.15, -0.1) is 0 Å². The van der Waals surface area contributed by atoms with Crippen LogP contribution >= 0.6 is 15.9 Å². The highest BCUT2D eigenvalue weighted by Crippen LogP contribution is 2.27. The summed E-state index contributed by atoms with van der Waals surface area (Å²) >= 11 is 3.40. The van der Waals surface area contributed by atoms with Gasteiger partial charge in [0, 0.05) is 29.4 Å². The molecular weight excluding hydrogens is 472 g/mol. The molecule has 0 saturated carbocycles. The van der Waals surface area contributed by atoms with Crippen LogP contribution in [0.25, 0.3) is 10.9 Å². The zero-order valence-corrected chi connectivity index (χ0v) is 20.5. The number of carbonyl (C=O) groups excluding carboxylic acids is 2. The molecule has 0 aliphatic carbocycles. The van der Waals surface area contributed by atoms with E-state index in [1.165, 1.54) is 0 Å². The number of hydrogen-bond acceptors (Lipinski definition) is 4. The number of carbonyl (C=O) groups is 2. The highest BCUT2D eigenvalue weighted by atomic mass is 79.9. The molecule has 0 saturated heterocycles. The van der Waals surface area contributed by atoms with Crippen LogP contribution < -0.4 is 10.1 Å². The molecule has 32 heavy (non-hydrogen) atoms. The summed E-state index contributed by atoms with van der Waals surface area (Å²) in [6, 6.07) is 5.62. The number of fused-ring (bicyclic) bond motifs is 1. The van der Waals surface area contributed by atoms with Crippen LogP contribution in [0.4, 0.5) is 0 Å². The van der Waals surface area contributed by atoms with Gasteiger partial charge in [-0.1, -0.05) is 19.8 Å². The third-order valence-corrected chi connectivity index (χ3v) is 6.14. The maximum Gasteiger partial charge on any atom is 0.225 e. The lowest BCUT2D eigenvalue weighted by molar-refractivity contribution is -0.121. The standard InChI is InChI=1S/C24H31BrN4O3/c1-4-16(30)8-6-5-7-9-21(24-26-14-22(25)29-24)28-23(31)13-18-15(2)27-20-11-10-17(32-3)12-19(18)20/h10-12,14,21,27H,4-9,13H2,1-3H3,(H,26,29)(H,28,31)/t21-/m0/s1. The van der Waals surface area contributed by atoms with E-state index in [4.69, 9.17) is 4.74 Å². The number of nitrogens with zero attached hydrogens (tertiary/aromatic N) is 1. The van der Waals surface area contributed by atoms with Crippen LogP contribution in [0.3, 0.4) is 0 Å². The number of halogens is 1. The van der Waals surface area contributed by atoms with E-state index in [1.54, 1.807) is 13.3 Å². The molecule has 3 rings (SSSR count). The van der Waals surface area contributed by atoms with Crippen molar-refractivity contribution in [3.8, 4) is 5.75 Å². The molecule has 0 aliphatic rings. The Balaban J connectivity index is 1.66. The van der Waals surface area contributed by atoms with E-state index in [-0.39, 0.29) is 18.4 Å². The van der Waals surface area contributed by atoms with Gasteiger partial charge in [-0.05, 0) is 59.5 Å². The summed E-state index contributed by atoms with van der Waals surface area (Å²) in [4.78, 5) is 35.4. The summed E-state index contributed by atoms with van der Waals surface area (Å²) in [5.41, 5.74) is 2.93. The van der Waals surface area contributed by atoms with Crippen molar-refractivity contribution in [3.63, 3.8) is 0 Å². The molecular formula is C24H31BrN4O3. The fourth-order valence-electron chi connectivity index (χ4n) is 3.91. The van der Waals surface area contributed by atoms with E-state index in [1.807, 2.05) is 32.0 Å². The minimum Gasteiger partial charge on any atom is -0.497 e. The lowest BCUT2D eigenvalue weighted by atomic mass is 10.0. The van der Waals surface area contributed by atoms with Gasteiger partial charge in [0.15, 0.2) is 0 Å². The lowest BCUT2D eigenvalue weighted by Crippen LogP contribution is -2.30. The van der Waals surface area contributed by atoms with Gasteiger partial charge in [0.2, 0.25) is 5.91 Å². The first-order chi connectivity index (χ1) is 15.4. The lowest BCUT2D eigenvalue weighted by Gasteiger charge is -2.17. The molecule has 8 heteroatoms. The van der Waals surface area contributed by atoms with Crippen molar-refractivity contribution in [2.24, 2.45) is 0 Å². The zero-order chi connectivity index (χ0) is 23.1. The number of benzene rings is 1. The number of aromatic amines is 2. The molecule has 0 fully saturated rings. The third-order valence-electron chi connectivity index (χ3n) is 5.74. The first-order valence-corrected chi connectivity index (χ1v) is 11.9. The van der Waals surface area contributed by atoms with Gasteiger partial charge in [0.25, 0.3) is 0 Å². The quantitative estimate of drug-likeness (QED) is 0.292. The molecule has 1 amide bonds. The van der Waals surface area contributed by atoms with Gasteiger partial charge in [-0.25, -0.2) is 4.98 Å². The van der Waals surface area contributed by atoms with Crippen molar-refractivity contribution in [2.75, 3.05) is 7.11 Å². The molecule has 2 heterocycles. The third kappa shape index (κ3) is 6.22. The summed E-state index contributed by atoms with van der Waals surface area (Å²) in [6.45, 7) is 3.88. The number of unbranched alkanes of at least 4 members (excludes halogenated alkanes) is 2. The summed E-state index contributed by atoms with van der Waals surface area (Å²) < 4.78 is 6.13. The molecule has 1 aromatic carbocycles. The Hall–Kier alpha value is -2.61. The Labute approximate surface area is 196 Å². The smallest absolute Gasteiger partial charge is 0.225 e. The monoisotopic (exact) mass is 502 g/mol. The van der Waals surface area contributed by atoms with Crippen LogP contribution in [0.5, 0.6) is 5.75 Å². The molecule has 172 valence electrons. The van der Waals surface area contributed by atoms with Crippen LogP contribution in [0.15, 0.2) is 29.0 Å². The Kier molecular flexibility index (Phi) is 8.50. The average Bonchev–Trinajstić information content (AvgIpc) is 3.35. The molecule has 0 aliphatic heterocycles. The second kappa shape index (κ2) is 11.3. The van der Waals surface area contributed by atoms with Crippen LogP contribution in [-0.2, 0) is 16.0 Å². The Morgan fingerprint density at radius 1 is 1.22 bits per heavy atom. The van der Waals surface area contributed by atoms with Crippen LogP contribution in [0.1, 0.15) is 68.6 Å². The van der Waals surface area contributed by atoms with Gasteiger partial charge in [0.05, 0.1) is 25.8 Å². The van der Waals surface area contributed by atoms with Crippen LogP contribution in [-0.4, -0.2) is 33.8 Å². The number of hydrogen-bond donors (Lipinski definition) is 3. The first-order valence-electron chi connectivity index (χ1n) is 11.1. The number of ether oxygens (including phenoxy) is 1. The molecule has 0 unspecified atom stereocenters. The minimum atomic E-state index is -0.212. The normalized spacial score (nSPS) is 12.1. The largest absolute Gasteiger partial charge is 0.497 e. The number of amides is 1. The minimum absolute atomic E-state index is 0.0597. The van der Waals surface area contributed by atoms with Crippen molar-refractivity contribution in [1.82, 2.24) is 20.3 Å². The van der Waals surface area contributed by atoms with Gasteiger partial charge < -0.3 is 20.0 Å². The summed E-state index contributed by atoms with van der Waals surface area (Å²) in [5, 5.41) is 4.15. The molecule has 0 spiro atoms. The Bertz CT molecular complexity index is 1070. The molecule has 2 aromatic heterocycles. The van der Waals surface area contributed by atoms with Crippen molar-refractivity contribution in [2.45, 2.75) is 64.8 Å². The second-order valence-corrected chi connectivity index (χ2v) is 8.90. The fourth-order valence-corrected chi connectivity index (χ4v) is 4.22. The molecule has 1 atom stereocenters. The number of imidazole rings is 1. The fraction of sp³-hybridized carbons (Fsp3) is 0.458. The van der Waals surface area contributed by atoms with E-state index in [0.717, 1.165) is 64.0 Å². The predicted molar refractivity (Wildman–Crippen MR) is 129 cm³/mol. The van der Waals surface area contributed by atoms with Crippen molar-refractivity contribution in [1.29, 1.82) is 0 Å². The number of nitrogens with one attached hydrogen (secondary N) is 3. The van der Waals surface area contributed by atoms with Crippen LogP contribution in [0, 0.1) is 6.92 Å². The maximum absolute atomic E-state index is 13.0. The number of methoxy groups -OCH3 is 1. The number of H-pyrrole nitrogens is 2. The van der Waals surface area contributed by atoms with Gasteiger partial charge >= 0.3 is 0 Å². The van der Waals surface area contributed by atoms with E-state index >= 15 is 0 Å². The highest BCUT2D eigenvalue weighted by Gasteiger charge is 2.20. The molecule has 0 bridgehead atoms. The molecule has 3 N–H and O–H groups in total. The molecule has 7 nitrogen and oxygen atoms in total. The van der Waals surface area contributed by atoms with Gasteiger partial charge in [-0.2, -0.15) is 0 Å². The Morgan fingerprint density at radius 3 is 2.72 bits per heavy atom. The van der Waals surface area contributed by atoms with Crippen LogP contribution in [0.2, 0.25) is 0 Å². The second-order valence-electron chi connectivity index (χ2n) is 8.04. The van der Waals surface area contributed by atoms with Gasteiger partial charge in [0.1, 0.15) is 22.0 Å². The summed E-state index contributed by atoms with van der Waals surface area (Å²) in [5.74, 6) is 1.73. The van der Waals surface area contributed by atoms with E-state index in [9.17, 15) is 9.59 Å². The van der Waals surface area contributed by atoms with Crippen molar-refractivity contribution in [3.05, 3.63) is 46.1 Å². The maximum atomic E-state index is 13.0. The zero-order valence-electron chi connectivity index (χ0n) is 18.9. The Morgan fingerprint density at radius 2 is 2.03 bits per heavy atom. The van der Waals surface area contributed by atoms with Gasteiger partial charge in [-0.3, -0.25) is 9.59 Å². The number of ketones is 1. The first kappa shape index (κ1) is 24.0.